The summed E-state index contributed by atoms with van der Waals surface area (Å²) in [6, 6.07) is 0. The molecule has 0 spiro atoms. The number of allylic oxidation sites excluding steroid dienone is 16. The van der Waals surface area contributed by atoms with E-state index in [1.54, 1.807) is 0 Å². The molecule has 0 rings (SSSR count). The van der Waals surface area contributed by atoms with Gasteiger partial charge < -0.3 is 27.9 Å². The van der Waals surface area contributed by atoms with E-state index in [9.17, 15) is 19.0 Å². The Kier molecular flexibility index (Phi) is 62.1. The van der Waals surface area contributed by atoms with Gasteiger partial charge in [0.1, 0.15) is 19.8 Å². The first-order valence-corrected chi connectivity index (χ1v) is 36.4. The van der Waals surface area contributed by atoms with Crippen molar-refractivity contribution in [2.24, 2.45) is 0 Å². The Bertz CT molecular complexity index is 1740. The van der Waals surface area contributed by atoms with E-state index in [1.165, 1.54) is 167 Å². The van der Waals surface area contributed by atoms with Crippen molar-refractivity contribution in [2.45, 2.75) is 315 Å². The maximum absolute atomic E-state index is 12.9. The van der Waals surface area contributed by atoms with Crippen LogP contribution in [0.3, 0.4) is 0 Å². The number of nitrogens with zero attached hydrogens (tertiary/aromatic N) is 1. The van der Waals surface area contributed by atoms with Crippen molar-refractivity contribution in [2.75, 3.05) is 47.5 Å². The summed E-state index contributed by atoms with van der Waals surface area (Å²) >= 11 is 0. The van der Waals surface area contributed by atoms with Crippen molar-refractivity contribution < 1.29 is 42.1 Å². The lowest BCUT2D eigenvalue weighted by Crippen LogP contribution is -2.37. The largest absolute Gasteiger partial charge is 0.756 e. The van der Waals surface area contributed by atoms with Crippen molar-refractivity contribution >= 4 is 19.8 Å². The molecule has 0 aromatic heterocycles. The molecule has 0 heterocycles. The Labute approximate surface area is 519 Å². The predicted octanol–water partition coefficient (Wildman–Crippen LogP) is 22.1. The highest BCUT2D eigenvalue weighted by Gasteiger charge is 2.22. The number of phosphoric acid groups is 1. The topological polar surface area (TPSA) is 111 Å². The molecule has 0 bridgehead atoms. The minimum atomic E-state index is -4.65. The standard InChI is InChI=1S/C74H132NO8P/c1-6-8-10-12-14-16-18-20-22-24-26-28-30-32-34-36-37-39-41-43-45-47-49-51-53-55-57-59-61-63-65-67-74(77)83-72(71-82-84(78,79)81-69-68-75(3,4)5)70-80-73(76)66-64-62-60-58-56-54-52-50-48-46-44-42-40-38-35-33-31-29-27-25-23-21-19-17-15-13-11-9-7-2/h8,10,14,16,20,22,26,28,32,34,37,39,43,45,49,51,72H,6-7,9,11-13,15,17-19,21,23-25,27,29-31,33,35-36,38,40-42,44,46-48,50,52-71H2,1-5H3/b10-8-,16-14-,22-20-,28-26-,34-32-,39-37-,45-43-,51-49-. The molecule has 0 saturated heterocycles. The molecule has 0 radical (unpaired) electrons. The number of esters is 2. The smallest absolute Gasteiger partial charge is 0.306 e. The van der Waals surface area contributed by atoms with Crippen LogP contribution in [0.5, 0.6) is 0 Å². The molecule has 2 unspecified atom stereocenters. The van der Waals surface area contributed by atoms with Gasteiger partial charge in [-0.25, -0.2) is 0 Å². The molecular formula is C74H132NO8P. The number of ether oxygens (including phenoxy) is 2. The van der Waals surface area contributed by atoms with E-state index in [0.717, 1.165) is 109 Å². The van der Waals surface area contributed by atoms with Gasteiger partial charge in [0.15, 0.2) is 6.10 Å². The summed E-state index contributed by atoms with van der Waals surface area (Å²) < 4.78 is 34.3. The summed E-state index contributed by atoms with van der Waals surface area (Å²) in [5, 5.41) is 0. The fourth-order valence-corrected chi connectivity index (χ4v) is 10.5. The van der Waals surface area contributed by atoms with E-state index < -0.39 is 26.5 Å². The molecule has 0 aliphatic heterocycles. The van der Waals surface area contributed by atoms with Crippen LogP contribution in [-0.4, -0.2) is 70.0 Å². The molecule has 84 heavy (non-hydrogen) atoms. The quantitative estimate of drug-likeness (QED) is 0.0195. The second-order valence-corrected chi connectivity index (χ2v) is 25.9. The van der Waals surface area contributed by atoms with Gasteiger partial charge >= 0.3 is 11.9 Å². The molecule has 0 aromatic rings. The van der Waals surface area contributed by atoms with Crippen LogP contribution in [0.15, 0.2) is 97.2 Å². The number of unbranched alkanes of at least 4 members (excludes halogenated alkanes) is 34. The summed E-state index contributed by atoms with van der Waals surface area (Å²) in [7, 11) is 1.15. The predicted molar refractivity (Wildman–Crippen MR) is 360 cm³/mol. The summed E-state index contributed by atoms with van der Waals surface area (Å²) in [5.41, 5.74) is 0. The summed E-state index contributed by atoms with van der Waals surface area (Å²) in [6.45, 7) is 4.14. The monoisotopic (exact) mass is 1190 g/mol. The number of hydrogen-bond acceptors (Lipinski definition) is 8. The number of hydrogen-bond donors (Lipinski definition) is 0. The lowest BCUT2D eigenvalue weighted by atomic mass is 10.0. The Hall–Kier alpha value is -3.07. The zero-order chi connectivity index (χ0) is 61.2. The zero-order valence-electron chi connectivity index (χ0n) is 55.3. The number of phosphoric ester groups is 1. The normalized spacial score (nSPS) is 13.7. The zero-order valence-corrected chi connectivity index (χ0v) is 56.2. The number of quaternary nitrogens is 1. The molecular weight excluding hydrogens is 1060 g/mol. The van der Waals surface area contributed by atoms with Crippen LogP contribution in [0.1, 0.15) is 309 Å². The third kappa shape index (κ3) is 68.0. The minimum absolute atomic E-state index is 0.0372. The molecule has 0 aliphatic rings. The lowest BCUT2D eigenvalue weighted by Gasteiger charge is -2.28. The first-order valence-electron chi connectivity index (χ1n) is 34.9. The number of carbonyl (C=O) groups excluding carboxylic acids is 2. The van der Waals surface area contributed by atoms with Gasteiger partial charge in [-0.05, 0) is 77.0 Å². The van der Waals surface area contributed by atoms with Gasteiger partial charge in [-0.3, -0.25) is 14.2 Å². The Morgan fingerprint density at radius 3 is 1.01 bits per heavy atom. The fourth-order valence-electron chi connectivity index (χ4n) is 9.79. The van der Waals surface area contributed by atoms with Crippen LogP contribution in [-0.2, 0) is 32.7 Å². The highest BCUT2D eigenvalue weighted by Crippen LogP contribution is 2.38. The van der Waals surface area contributed by atoms with E-state index in [-0.39, 0.29) is 32.0 Å². The Morgan fingerprint density at radius 1 is 0.381 bits per heavy atom. The second-order valence-electron chi connectivity index (χ2n) is 24.5. The van der Waals surface area contributed by atoms with Gasteiger partial charge in [-0.2, -0.15) is 0 Å². The summed E-state index contributed by atoms with van der Waals surface area (Å²) in [6.07, 6.45) is 89.2. The van der Waals surface area contributed by atoms with E-state index >= 15 is 0 Å². The number of rotatable bonds is 64. The van der Waals surface area contributed by atoms with Gasteiger partial charge in [0.25, 0.3) is 7.82 Å². The molecule has 0 amide bonds. The molecule has 0 fully saturated rings. The third-order valence-electron chi connectivity index (χ3n) is 15.1. The van der Waals surface area contributed by atoms with Gasteiger partial charge in [-0.1, -0.05) is 317 Å². The number of likely N-dealkylation sites (N-methyl/N-ethyl adjacent to an activating group) is 1. The van der Waals surface area contributed by atoms with Gasteiger partial charge in [0.05, 0.1) is 27.7 Å². The van der Waals surface area contributed by atoms with Crippen molar-refractivity contribution in [1.29, 1.82) is 0 Å². The molecule has 10 heteroatoms. The third-order valence-corrected chi connectivity index (χ3v) is 16.1. The average Bonchev–Trinajstić information content (AvgIpc) is 3.61. The van der Waals surface area contributed by atoms with Crippen LogP contribution in [0.4, 0.5) is 0 Å². The van der Waals surface area contributed by atoms with Crippen molar-refractivity contribution in [1.82, 2.24) is 0 Å². The van der Waals surface area contributed by atoms with E-state index in [0.29, 0.717) is 17.4 Å². The van der Waals surface area contributed by atoms with E-state index in [1.807, 2.05) is 21.1 Å². The highest BCUT2D eigenvalue weighted by molar-refractivity contribution is 7.45. The Balaban J connectivity index is 4.10. The van der Waals surface area contributed by atoms with Gasteiger partial charge in [0, 0.05) is 12.8 Å². The molecule has 9 nitrogen and oxygen atoms in total. The van der Waals surface area contributed by atoms with Crippen LogP contribution in [0.2, 0.25) is 0 Å². The number of carbonyl (C=O) groups is 2. The van der Waals surface area contributed by atoms with Crippen LogP contribution in [0.25, 0.3) is 0 Å². The first kappa shape index (κ1) is 80.9. The Morgan fingerprint density at radius 2 is 0.679 bits per heavy atom. The second kappa shape index (κ2) is 64.4. The maximum Gasteiger partial charge on any atom is 0.306 e. The van der Waals surface area contributed by atoms with Crippen molar-refractivity contribution in [3.05, 3.63) is 97.2 Å². The molecule has 0 saturated carbocycles. The van der Waals surface area contributed by atoms with Crippen LogP contribution in [0, 0.1) is 0 Å². The SMILES string of the molecule is CC/C=C\C/C=C\C/C=C\C/C=C\C/C=C\C/C=C\C/C=C\C/C=C\CCCCCCCCC(=O)OC(COC(=O)CCCCCCCCCCCCCCCCCCCCCCCCCCCCCCC)COP(=O)([O-])OCC[N+](C)(C)C. The molecule has 0 N–H and O–H groups in total. The summed E-state index contributed by atoms with van der Waals surface area (Å²) in [5.74, 6) is -0.843. The molecule has 2 atom stereocenters. The minimum Gasteiger partial charge on any atom is -0.756 e. The van der Waals surface area contributed by atoms with Crippen molar-refractivity contribution in [3.8, 4) is 0 Å². The first-order chi connectivity index (χ1) is 41.0. The lowest BCUT2D eigenvalue weighted by molar-refractivity contribution is -0.870. The highest BCUT2D eigenvalue weighted by atomic mass is 31.2. The fraction of sp³-hybridized carbons (Fsp3) is 0.757. The summed E-state index contributed by atoms with van der Waals surface area (Å²) in [4.78, 5) is 38.1. The van der Waals surface area contributed by atoms with E-state index in [2.05, 4.69) is 111 Å². The molecule has 0 aromatic carbocycles. The molecule has 486 valence electrons. The molecule has 0 aliphatic carbocycles. The average molecular weight is 1190 g/mol. The van der Waals surface area contributed by atoms with Crippen LogP contribution >= 0.6 is 7.82 Å². The van der Waals surface area contributed by atoms with Gasteiger partial charge in [0.2, 0.25) is 0 Å². The van der Waals surface area contributed by atoms with Crippen molar-refractivity contribution in [3.63, 3.8) is 0 Å². The van der Waals surface area contributed by atoms with E-state index in [4.69, 9.17) is 18.5 Å². The van der Waals surface area contributed by atoms with Gasteiger partial charge in [-0.15, -0.1) is 0 Å². The van der Waals surface area contributed by atoms with Crippen LogP contribution < -0.4 is 4.89 Å². The maximum atomic E-state index is 12.9.